The number of nitriles is 1. The summed E-state index contributed by atoms with van der Waals surface area (Å²) in [6, 6.07) is 1.25. The molecule has 114 valence electrons. The van der Waals surface area contributed by atoms with E-state index in [0.717, 1.165) is 0 Å². The smallest absolute Gasteiger partial charge is 0.328 e. The molecule has 0 rings (SSSR count). The zero-order valence-electron chi connectivity index (χ0n) is 12.4. The number of rotatable bonds is 9. The maximum atomic E-state index is 11.8. The van der Waals surface area contributed by atoms with E-state index in [1.165, 1.54) is 7.11 Å². The molecule has 0 aromatic carbocycles. The first-order chi connectivity index (χ1) is 9.42. The van der Waals surface area contributed by atoms with Gasteiger partial charge in [-0.05, 0) is 31.6 Å². The third-order valence-electron chi connectivity index (χ3n) is 2.83. The van der Waals surface area contributed by atoms with Crippen molar-refractivity contribution in [3.05, 3.63) is 0 Å². The fourth-order valence-electron chi connectivity index (χ4n) is 1.77. The molecule has 0 heterocycles. The van der Waals surface area contributed by atoms with Gasteiger partial charge < -0.3 is 15.2 Å². The molecule has 20 heavy (non-hydrogen) atoms. The Balaban J connectivity index is 4.38. The van der Waals surface area contributed by atoms with E-state index in [2.05, 4.69) is 10.1 Å². The number of amides is 1. The molecule has 6 nitrogen and oxygen atoms in total. The van der Waals surface area contributed by atoms with Crippen LogP contribution in [0.1, 0.15) is 46.0 Å². The summed E-state index contributed by atoms with van der Waals surface area (Å²) in [5, 5.41) is 20.6. The summed E-state index contributed by atoms with van der Waals surface area (Å²) in [4.78, 5) is 23.3. The van der Waals surface area contributed by atoms with Gasteiger partial charge in [-0.15, -0.1) is 0 Å². The van der Waals surface area contributed by atoms with Gasteiger partial charge in [-0.25, -0.2) is 4.79 Å². The Morgan fingerprint density at radius 3 is 2.50 bits per heavy atom. The number of nitrogens with zero attached hydrogens (tertiary/aromatic N) is 1. The number of carbonyl (C=O) groups is 2. The van der Waals surface area contributed by atoms with Gasteiger partial charge in [0.15, 0.2) is 0 Å². The molecule has 0 aromatic rings. The lowest BCUT2D eigenvalue weighted by Crippen LogP contribution is -2.46. The Morgan fingerprint density at radius 1 is 1.35 bits per heavy atom. The van der Waals surface area contributed by atoms with Crippen LogP contribution in [0, 0.1) is 17.2 Å². The van der Waals surface area contributed by atoms with E-state index in [0.29, 0.717) is 32.1 Å². The summed E-state index contributed by atoms with van der Waals surface area (Å²) in [6.07, 6.45) is 1.32. The third-order valence-corrected chi connectivity index (χ3v) is 2.83. The van der Waals surface area contributed by atoms with Gasteiger partial charge in [0.25, 0.3) is 0 Å². The van der Waals surface area contributed by atoms with E-state index < -0.39 is 24.0 Å². The van der Waals surface area contributed by atoms with Crippen LogP contribution >= 0.6 is 0 Å². The minimum absolute atomic E-state index is 0.183. The van der Waals surface area contributed by atoms with Crippen LogP contribution in [0.3, 0.4) is 0 Å². The molecule has 0 bridgehead atoms. The van der Waals surface area contributed by atoms with Crippen molar-refractivity contribution in [1.29, 1.82) is 5.26 Å². The maximum Gasteiger partial charge on any atom is 0.328 e. The molecule has 0 aromatic heterocycles. The minimum atomic E-state index is -1.12. The number of hydrogen-bond donors (Lipinski definition) is 2. The van der Waals surface area contributed by atoms with Crippen molar-refractivity contribution in [2.24, 2.45) is 5.92 Å². The maximum absolute atomic E-state index is 11.8. The van der Waals surface area contributed by atoms with Gasteiger partial charge in [0.2, 0.25) is 5.91 Å². The highest BCUT2D eigenvalue weighted by molar-refractivity contribution is 5.86. The van der Waals surface area contributed by atoms with Crippen molar-refractivity contribution >= 4 is 11.9 Å². The predicted octanol–water partition coefficient (Wildman–Crippen LogP) is 1.14. The van der Waals surface area contributed by atoms with Crippen LogP contribution in [0.4, 0.5) is 0 Å². The average molecular weight is 284 g/mol. The number of esters is 1. The van der Waals surface area contributed by atoms with E-state index in [-0.39, 0.29) is 5.92 Å². The first-order valence-corrected chi connectivity index (χ1v) is 6.85. The molecule has 0 fully saturated rings. The van der Waals surface area contributed by atoms with Crippen molar-refractivity contribution in [2.45, 2.75) is 58.1 Å². The number of unbranched alkanes of at least 4 members (excludes halogenated alkanes) is 2. The van der Waals surface area contributed by atoms with Gasteiger partial charge in [0, 0.05) is 6.42 Å². The normalized spacial score (nSPS) is 13.4. The second kappa shape index (κ2) is 10.2. The summed E-state index contributed by atoms with van der Waals surface area (Å²) >= 11 is 0. The van der Waals surface area contributed by atoms with Gasteiger partial charge in [-0.1, -0.05) is 13.8 Å². The van der Waals surface area contributed by atoms with Gasteiger partial charge in [-0.2, -0.15) is 5.26 Å². The fraction of sp³-hybridized carbons (Fsp3) is 0.786. The molecule has 0 saturated carbocycles. The molecule has 6 heteroatoms. The van der Waals surface area contributed by atoms with Gasteiger partial charge >= 0.3 is 5.97 Å². The zero-order valence-corrected chi connectivity index (χ0v) is 12.4. The van der Waals surface area contributed by atoms with Crippen LogP contribution < -0.4 is 5.32 Å². The number of aliphatic hydroxyl groups is 1. The molecule has 2 N–H and O–H groups in total. The Hall–Kier alpha value is -1.61. The molecule has 1 amide bonds. The molecule has 0 radical (unpaired) electrons. The molecule has 0 aliphatic carbocycles. The Bertz CT molecular complexity index is 350. The molecular weight excluding hydrogens is 260 g/mol. The molecule has 0 unspecified atom stereocenters. The molecule has 0 spiro atoms. The molecular formula is C14H24N2O4. The molecule has 0 aliphatic heterocycles. The second-order valence-electron chi connectivity index (χ2n) is 5.13. The minimum Gasteiger partial charge on any atom is -0.467 e. The Kier molecular flexibility index (Phi) is 9.39. The van der Waals surface area contributed by atoms with Gasteiger partial charge in [0.1, 0.15) is 12.1 Å². The largest absolute Gasteiger partial charge is 0.467 e. The highest BCUT2D eigenvalue weighted by atomic mass is 16.5. The van der Waals surface area contributed by atoms with E-state index in [9.17, 15) is 14.7 Å². The summed E-state index contributed by atoms with van der Waals surface area (Å²) in [6.45, 7) is 3.80. The summed E-state index contributed by atoms with van der Waals surface area (Å²) < 4.78 is 4.63. The summed E-state index contributed by atoms with van der Waals surface area (Å²) in [7, 11) is 1.25. The fourth-order valence-corrected chi connectivity index (χ4v) is 1.77. The van der Waals surface area contributed by atoms with E-state index in [1.54, 1.807) is 0 Å². The van der Waals surface area contributed by atoms with Gasteiger partial charge in [0.05, 0.1) is 13.2 Å². The van der Waals surface area contributed by atoms with Crippen molar-refractivity contribution < 1.29 is 19.4 Å². The van der Waals surface area contributed by atoms with Crippen LogP contribution in [0.15, 0.2) is 0 Å². The SMILES string of the molecule is COC(=O)[C@H](CCCCC#N)NC(=O)[C@H](O)CC(C)C. The van der Waals surface area contributed by atoms with E-state index in [4.69, 9.17) is 5.26 Å². The quantitative estimate of drug-likeness (QED) is 0.488. The lowest BCUT2D eigenvalue weighted by Gasteiger charge is -2.19. The molecule has 0 saturated heterocycles. The topological polar surface area (TPSA) is 99.4 Å². The number of nitrogens with one attached hydrogen (secondary N) is 1. The second-order valence-corrected chi connectivity index (χ2v) is 5.13. The van der Waals surface area contributed by atoms with Crippen molar-refractivity contribution in [1.82, 2.24) is 5.32 Å². The van der Waals surface area contributed by atoms with Crippen LogP contribution in [-0.2, 0) is 14.3 Å². The van der Waals surface area contributed by atoms with Crippen molar-refractivity contribution in [3.63, 3.8) is 0 Å². The highest BCUT2D eigenvalue weighted by Crippen LogP contribution is 2.08. The average Bonchev–Trinajstić information content (AvgIpc) is 2.40. The first-order valence-electron chi connectivity index (χ1n) is 6.85. The van der Waals surface area contributed by atoms with Gasteiger partial charge in [-0.3, -0.25) is 4.79 Å². The molecule has 0 aliphatic rings. The third kappa shape index (κ3) is 7.74. The summed E-state index contributed by atoms with van der Waals surface area (Å²) in [5.41, 5.74) is 0. The van der Waals surface area contributed by atoms with Crippen LogP contribution in [0.25, 0.3) is 0 Å². The zero-order chi connectivity index (χ0) is 15.5. The highest BCUT2D eigenvalue weighted by Gasteiger charge is 2.24. The predicted molar refractivity (Wildman–Crippen MR) is 73.5 cm³/mol. The number of hydrogen-bond acceptors (Lipinski definition) is 5. The standard InChI is InChI=1S/C14H24N2O4/c1-10(2)9-12(17)13(18)16-11(14(19)20-3)7-5-4-6-8-15/h10-12,17H,4-7,9H2,1-3H3,(H,16,18)/t11-,12+/m0/s1. The summed E-state index contributed by atoms with van der Waals surface area (Å²) in [5.74, 6) is -0.913. The Labute approximate surface area is 120 Å². The Morgan fingerprint density at radius 2 is 2.00 bits per heavy atom. The number of carbonyl (C=O) groups excluding carboxylic acids is 2. The first kappa shape index (κ1) is 18.4. The number of methoxy groups -OCH3 is 1. The molecule has 2 atom stereocenters. The lowest BCUT2D eigenvalue weighted by molar-refractivity contribution is -0.146. The number of aliphatic hydroxyl groups excluding tert-OH is 1. The lowest BCUT2D eigenvalue weighted by atomic mass is 10.0. The number of ether oxygens (including phenoxy) is 1. The van der Waals surface area contributed by atoms with Crippen LogP contribution in [0.2, 0.25) is 0 Å². The van der Waals surface area contributed by atoms with E-state index in [1.807, 2.05) is 19.9 Å². The van der Waals surface area contributed by atoms with E-state index >= 15 is 0 Å². The van der Waals surface area contributed by atoms with Crippen LogP contribution in [-0.4, -0.2) is 36.2 Å². The monoisotopic (exact) mass is 284 g/mol. The van der Waals surface area contributed by atoms with Crippen LogP contribution in [0.5, 0.6) is 0 Å². The van der Waals surface area contributed by atoms with Crippen molar-refractivity contribution in [3.8, 4) is 6.07 Å². The van der Waals surface area contributed by atoms with Crippen molar-refractivity contribution in [2.75, 3.05) is 7.11 Å².